The van der Waals surface area contributed by atoms with E-state index in [1.54, 1.807) is 17.0 Å². The summed E-state index contributed by atoms with van der Waals surface area (Å²) in [7, 11) is 0. The fourth-order valence-corrected chi connectivity index (χ4v) is 2.27. The normalized spacial score (nSPS) is 10.4. The van der Waals surface area contributed by atoms with E-state index in [1.165, 1.54) is 6.26 Å². The van der Waals surface area contributed by atoms with E-state index in [9.17, 15) is 9.59 Å². The van der Waals surface area contributed by atoms with Crippen molar-refractivity contribution in [2.45, 2.75) is 20.4 Å². The van der Waals surface area contributed by atoms with Gasteiger partial charge in [0.2, 0.25) is 5.89 Å². The van der Waals surface area contributed by atoms with Crippen LogP contribution in [0, 0.1) is 0 Å². The van der Waals surface area contributed by atoms with E-state index in [4.69, 9.17) is 4.42 Å². The molecule has 0 bridgehead atoms. The molecule has 6 nitrogen and oxygen atoms in total. The molecule has 0 fully saturated rings. The number of nitrogens with zero attached hydrogens (tertiary/aromatic N) is 2. The number of carbonyl (C=O) groups is 2. The fourth-order valence-electron chi connectivity index (χ4n) is 2.00. The van der Waals surface area contributed by atoms with Crippen LogP contribution in [0.25, 0.3) is 0 Å². The van der Waals surface area contributed by atoms with Crippen molar-refractivity contribution >= 4 is 27.7 Å². The van der Waals surface area contributed by atoms with Crippen LogP contribution in [0.4, 0.5) is 0 Å². The monoisotopic (exact) mass is 379 g/mol. The summed E-state index contributed by atoms with van der Waals surface area (Å²) in [4.78, 5) is 29.9. The van der Waals surface area contributed by atoms with Gasteiger partial charge in [0.05, 0.1) is 6.54 Å². The maximum absolute atomic E-state index is 12.5. The van der Waals surface area contributed by atoms with Crippen molar-refractivity contribution in [3.63, 3.8) is 0 Å². The first kappa shape index (κ1) is 17.2. The first-order chi connectivity index (χ1) is 11.0. The van der Waals surface area contributed by atoms with Crippen LogP contribution >= 0.6 is 15.9 Å². The van der Waals surface area contributed by atoms with E-state index < -0.39 is 0 Å². The van der Waals surface area contributed by atoms with E-state index in [2.05, 4.69) is 26.2 Å². The molecule has 1 heterocycles. The van der Waals surface area contributed by atoms with Crippen LogP contribution in [0.15, 0.2) is 39.4 Å². The predicted octanol–water partition coefficient (Wildman–Crippen LogP) is 2.85. The average molecular weight is 380 g/mol. The van der Waals surface area contributed by atoms with Gasteiger partial charge in [-0.15, -0.1) is 0 Å². The van der Waals surface area contributed by atoms with Crippen LogP contribution in [-0.4, -0.2) is 34.8 Å². The zero-order chi connectivity index (χ0) is 16.8. The van der Waals surface area contributed by atoms with Gasteiger partial charge in [0.1, 0.15) is 6.26 Å². The number of hydrogen-bond acceptors (Lipinski definition) is 4. The van der Waals surface area contributed by atoms with Crippen LogP contribution in [0.1, 0.15) is 40.6 Å². The highest BCUT2D eigenvalue weighted by molar-refractivity contribution is 9.10. The first-order valence-corrected chi connectivity index (χ1v) is 8.11. The molecule has 2 amide bonds. The quantitative estimate of drug-likeness (QED) is 0.836. The Morgan fingerprint density at radius 2 is 1.96 bits per heavy atom. The number of carbonyl (C=O) groups excluding carboxylic acids is 2. The number of hydrogen-bond donors (Lipinski definition) is 1. The topological polar surface area (TPSA) is 75.4 Å². The van der Waals surface area contributed by atoms with Crippen molar-refractivity contribution < 1.29 is 14.0 Å². The van der Waals surface area contributed by atoms with E-state index in [1.807, 2.05) is 26.0 Å². The summed E-state index contributed by atoms with van der Waals surface area (Å²) >= 11 is 3.34. The molecule has 1 aromatic heterocycles. The van der Waals surface area contributed by atoms with E-state index in [-0.39, 0.29) is 24.1 Å². The van der Waals surface area contributed by atoms with Crippen molar-refractivity contribution in [3.05, 3.63) is 52.1 Å². The molecule has 0 radical (unpaired) electrons. The minimum absolute atomic E-state index is 0.113. The molecule has 23 heavy (non-hydrogen) atoms. The summed E-state index contributed by atoms with van der Waals surface area (Å²) in [6.07, 6.45) is 1.30. The first-order valence-electron chi connectivity index (χ1n) is 7.32. The lowest BCUT2D eigenvalue weighted by Gasteiger charge is -2.19. The summed E-state index contributed by atoms with van der Waals surface area (Å²) < 4.78 is 6.21. The molecule has 0 aliphatic heterocycles. The molecule has 0 saturated carbocycles. The van der Waals surface area contributed by atoms with Crippen molar-refractivity contribution in [2.24, 2.45) is 0 Å². The van der Waals surface area contributed by atoms with Gasteiger partial charge in [-0.3, -0.25) is 9.59 Å². The summed E-state index contributed by atoms with van der Waals surface area (Å²) in [5.41, 5.74) is 0.805. The van der Waals surface area contributed by atoms with E-state index in [0.29, 0.717) is 24.5 Å². The molecule has 2 rings (SSSR count). The van der Waals surface area contributed by atoms with Crippen LogP contribution in [0.2, 0.25) is 0 Å². The van der Waals surface area contributed by atoms with Gasteiger partial charge in [-0.1, -0.05) is 15.9 Å². The Morgan fingerprint density at radius 1 is 1.26 bits per heavy atom. The third kappa shape index (κ3) is 4.41. The van der Waals surface area contributed by atoms with Gasteiger partial charge in [0.15, 0.2) is 5.69 Å². The lowest BCUT2D eigenvalue weighted by atomic mass is 10.2. The minimum Gasteiger partial charge on any atom is -0.446 e. The molecule has 2 aromatic rings. The van der Waals surface area contributed by atoms with Gasteiger partial charge in [0.25, 0.3) is 11.8 Å². The third-order valence-electron chi connectivity index (χ3n) is 3.21. The summed E-state index contributed by atoms with van der Waals surface area (Å²) in [5.74, 6) is -0.0684. The Bertz CT molecular complexity index is 682. The molecule has 1 N–H and O–H groups in total. The number of benzene rings is 1. The van der Waals surface area contributed by atoms with Crippen molar-refractivity contribution in [1.82, 2.24) is 15.2 Å². The lowest BCUT2D eigenvalue weighted by molar-refractivity contribution is 0.0738. The van der Waals surface area contributed by atoms with Crippen molar-refractivity contribution in [2.75, 3.05) is 13.1 Å². The van der Waals surface area contributed by atoms with Crippen LogP contribution < -0.4 is 5.32 Å². The minimum atomic E-state index is -0.287. The second-order valence-corrected chi connectivity index (χ2v) is 5.73. The fraction of sp³-hybridized carbons (Fsp3) is 0.312. The Labute approximate surface area is 143 Å². The highest BCUT2D eigenvalue weighted by atomic mass is 79.9. The number of aromatic nitrogens is 1. The highest BCUT2D eigenvalue weighted by Gasteiger charge is 2.18. The second-order valence-electron chi connectivity index (χ2n) is 4.81. The Morgan fingerprint density at radius 3 is 2.57 bits per heavy atom. The molecule has 0 atom stereocenters. The van der Waals surface area contributed by atoms with Crippen molar-refractivity contribution in [1.29, 1.82) is 0 Å². The number of amides is 2. The van der Waals surface area contributed by atoms with Crippen LogP contribution in [-0.2, 0) is 6.54 Å². The zero-order valence-electron chi connectivity index (χ0n) is 13.0. The molecule has 0 spiro atoms. The van der Waals surface area contributed by atoms with Gasteiger partial charge in [-0.05, 0) is 38.1 Å². The van der Waals surface area contributed by atoms with Gasteiger partial charge in [-0.2, -0.15) is 0 Å². The standard InChI is InChI=1S/C16H18BrN3O3/c1-3-18-15(21)13-10-23-14(19-13)9-20(4-2)16(22)11-5-7-12(17)8-6-11/h5-8,10H,3-4,9H2,1-2H3,(H,18,21). The van der Waals surface area contributed by atoms with E-state index in [0.717, 1.165) is 4.47 Å². The molecule has 0 aliphatic rings. The van der Waals surface area contributed by atoms with Gasteiger partial charge < -0.3 is 14.6 Å². The number of nitrogens with one attached hydrogen (secondary N) is 1. The summed E-state index contributed by atoms with van der Waals surface area (Å²) in [5, 5.41) is 2.65. The molecular weight excluding hydrogens is 362 g/mol. The second kappa shape index (κ2) is 7.92. The summed E-state index contributed by atoms with van der Waals surface area (Å²) in [6.45, 7) is 4.95. The molecule has 122 valence electrons. The molecule has 0 aliphatic carbocycles. The number of oxazole rings is 1. The van der Waals surface area contributed by atoms with Gasteiger partial charge >= 0.3 is 0 Å². The lowest BCUT2D eigenvalue weighted by Crippen LogP contribution is -2.30. The number of rotatable bonds is 6. The van der Waals surface area contributed by atoms with Crippen molar-refractivity contribution in [3.8, 4) is 0 Å². The maximum atomic E-state index is 12.5. The van der Waals surface area contributed by atoms with Crippen LogP contribution in [0.5, 0.6) is 0 Å². The highest BCUT2D eigenvalue weighted by Crippen LogP contribution is 2.14. The number of halogens is 1. The third-order valence-corrected chi connectivity index (χ3v) is 3.74. The molecule has 1 aromatic carbocycles. The maximum Gasteiger partial charge on any atom is 0.273 e. The van der Waals surface area contributed by atoms with Gasteiger partial charge in [-0.25, -0.2) is 4.98 Å². The average Bonchev–Trinajstić information content (AvgIpc) is 3.01. The van der Waals surface area contributed by atoms with Crippen LogP contribution in [0.3, 0.4) is 0 Å². The largest absolute Gasteiger partial charge is 0.446 e. The Kier molecular flexibility index (Phi) is 5.92. The van der Waals surface area contributed by atoms with Gasteiger partial charge in [0, 0.05) is 23.1 Å². The Balaban J connectivity index is 2.08. The molecule has 0 saturated heterocycles. The zero-order valence-corrected chi connectivity index (χ0v) is 14.6. The SMILES string of the molecule is CCNC(=O)c1coc(CN(CC)C(=O)c2ccc(Br)cc2)n1. The molecular formula is C16H18BrN3O3. The smallest absolute Gasteiger partial charge is 0.273 e. The Hall–Kier alpha value is -2.15. The molecule has 7 heteroatoms. The summed E-state index contributed by atoms with van der Waals surface area (Å²) in [6, 6.07) is 7.15. The predicted molar refractivity (Wildman–Crippen MR) is 89.1 cm³/mol. The molecule has 0 unspecified atom stereocenters. The van der Waals surface area contributed by atoms with E-state index >= 15 is 0 Å².